The van der Waals surface area contributed by atoms with Crippen molar-refractivity contribution in [2.45, 2.75) is 57.9 Å². The molecule has 1 N–H and O–H groups in total. The van der Waals surface area contributed by atoms with Crippen LogP contribution in [0.4, 0.5) is 0 Å². The van der Waals surface area contributed by atoms with Crippen molar-refractivity contribution in [2.75, 3.05) is 6.54 Å². The van der Waals surface area contributed by atoms with Gasteiger partial charge in [-0.2, -0.15) is 0 Å². The maximum absolute atomic E-state index is 3.69. The van der Waals surface area contributed by atoms with Gasteiger partial charge in [-0.1, -0.05) is 43.2 Å². The van der Waals surface area contributed by atoms with Crippen molar-refractivity contribution in [1.29, 1.82) is 0 Å². The molecular weight excluding hydrogens is 218 g/mol. The first-order valence-electron chi connectivity index (χ1n) is 7.36. The Morgan fingerprint density at radius 3 is 2.39 bits per heavy atom. The topological polar surface area (TPSA) is 12.0 Å². The van der Waals surface area contributed by atoms with Crippen molar-refractivity contribution in [3.8, 4) is 0 Å². The van der Waals surface area contributed by atoms with E-state index in [1.807, 2.05) is 0 Å². The van der Waals surface area contributed by atoms with Crippen molar-refractivity contribution < 1.29 is 0 Å². The Kier molecular flexibility index (Phi) is 4.45. The lowest BCUT2D eigenvalue weighted by molar-refractivity contribution is 0.269. The zero-order valence-corrected chi connectivity index (χ0v) is 12.1. The van der Waals surface area contributed by atoms with Crippen LogP contribution in [0.3, 0.4) is 0 Å². The quantitative estimate of drug-likeness (QED) is 0.835. The molecule has 0 saturated heterocycles. The molecule has 18 heavy (non-hydrogen) atoms. The van der Waals surface area contributed by atoms with Crippen LogP contribution in [-0.2, 0) is 0 Å². The lowest BCUT2D eigenvalue weighted by atomic mass is 9.75. The van der Waals surface area contributed by atoms with Crippen LogP contribution in [-0.4, -0.2) is 12.1 Å². The molecule has 1 saturated carbocycles. The van der Waals surface area contributed by atoms with Crippen molar-refractivity contribution >= 4 is 0 Å². The summed E-state index contributed by atoms with van der Waals surface area (Å²) < 4.78 is 0. The summed E-state index contributed by atoms with van der Waals surface area (Å²) in [6, 6.07) is 11.1. The third kappa shape index (κ3) is 3.84. The fourth-order valence-electron chi connectivity index (χ4n) is 3.03. The van der Waals surface area contributed by atoms with E-state index in [-0.39, 0.29) is 5.54 Å². The van der Waals surface area contributed by atoms with E-state index >= 15 is 0 Å². The van der Waals surface area contributed by atoms with E-state index in [2.05, 4.69) is 56.4 Å². The van der Waals surface area contributed by atoms with Gasteiger partial charge in [0.1, 0.15) is 0 Å². The molecule has 0 amide bonds. The lowest BCUT2D eigenvalue weighted by Crippen LogP contribution is -2.41. The minimum Gasteiger partial charge on any atom is -0.312 e. The molecule has 1 heteroatoms. The summed E-state index contributed by atoms with van der Waals surface area (Å²) in [5, 5.41) is 3.69. The van der Waals surface area contributed by atoms with Crippen LogP contribution in [0.5, 0.6) is 0 Å². The molecule has 1 aliphatic carbocycles. The van der Waals surface area contributed by atoms with E-state index in [9.17, 15) is 0 Å². The summed E-state index contributed by atoms with van der Waals surface area (Å²) in [5.74, 6) is 1.56. The number of rotatable bonds is 3. The Hall–Kier alpha value is -0.820. The molecule has 2 rings (SSSR count). The van der Waals surface area contributed by atoms with Gasteiger partial charge in [-0.05, 0) is 57.6 Å². The first kappa shape index (κ1) is 13.6. The van der Waals surface area contributed by atoms with Gasteiger partial charge in [-0.25, -0.2) is 0 Å². The molecular formula is C17H27N. The Labute approximate surface area is 112 Å². The Balaban J connectivity index is 2.02. The maximum Gasteiger partial charge on any atom is 0.00966 e. The molecule has 1 aromatic rings. The van der Waals surface area contributed by atoms with Crippen LogP contribution >= 0.6 is 0 Å². The maximum atomic E-state index is 3.69. The highest BCUT2D eigenvalue weighted by molar-refractivity contribution is 5.21. The second-order valence-electron chi connectivity index (χ2n) is 6.69. The van der Waals surface area contributed by atoms with E-state index in [1.54, 1.807) is 0 Å². The third-order valence-corrected chi connectivity index (χ3v) is 4.03. The minimum atomic E-state index is 0.235. The molecule has 0 heterocycles. The number of hydrogen-bond donors (Lipinski definition) is 1. The van der Waals surface area contributed by atoms with E-state index in [0.717, 1.165) is 18.4 Å². The molecule has 0 bridgehead atoms. The fourth-order valence-corrected chi connectivity index (χ4v) is 3.03. The predicted molar refractivity (Wildman–Crippen MR) is 78.9 cm³/mol. The molecule has 0 aliphatic heterocycles. The molecule has 2 unspecified atom stereocenters. The minimum absolute atomic E-state index is 0.235. The molecule has 0 radical (unpaired) electrons. The average Bonchev–Trinajstić information content (AvgIpc) is 2.37. The van der Waals surface area contributed by atoms with Crippen molar-refractivity contribution in [3.63, 3.8) is 0 Å². The van der Waals surface area contributed by atoms with Gasteiger partial charge in [0.25, 0.3) is 0 Å². The van der Waals surface area contributed by atoms with Crippen molar-refractivity contribution in [1.82, 2.24) is 5.32 Å². The smallest absolute Gasteiger partial charge is 0.00966 e. The van der Waals surface area contributed by atoms with Gasteiger partial charge < -0.3 is 5.32 Å². The standard InChI is InChI=1S/C17H27N/c1-17(2,3)18-13-15-11-7-8-12-16(15)14-9-5-4-6-10-14/h4-6,9-10,15-16,18H,7-8,11-13H2,1-3H3. The normalized spacial score (nSPS) is 25.1. The van der Waals surface area contributed by atoms with Crippen LogP contribution in [0.25, 0.3) is 0 Å². The lowest BCUT2D eigenvalue weighted by Gasteiger charge is -2.34. The summed E-state index contributed by atoms with van der Waals surface area (Å²) >= 11 is 0. The van der Waals surface area contributed by atoms with Crippen LogP contribution < -0.4 is 5.32 Å². The molecule has 2 atom stereocenters. The first-order valence-corrected chi connectivity index (χ1v) is 7.36. The molecule has 1 nitrogen and oxygen atoms in total. The highest BCUT2D eigenvalue weighted by Gasteiger charge is 2.27. The monoisotopic (exact) mass is 245 g/mol. The van der Waals surface area contributed by atoms with Crippen LogP contribution in [0.1, 0.15) is 57.9 Å². The molecule has 1 fully saturated rings. The van der Waals surface area contributed by atoms with Gasteiger partial charge in [0, 0.05) is 5.54 Å². The molecule has 1 aromatic carbocycles. The van der Waals surface area contributed by atoms with E-state index in [0.29, 0.717) is 0 Å². The molecule has 1 aliphatic rings. The summed E-state index contributed by atoms with van der Waals surface area (Å²) in [6.45, 7) is 7.93. The number of nitrogens with one attached hydrogen (secondary N) is 1. The summed E-state index contributed by atoms with van der Waals surface area (Å²) in [6.07, 6.45) is 5.54. The second-order valence-corrected chi connectivity index (χ2v) is 6.69. The van der Waals surface area contributed by atoms with E-state index < -0.39 is 0 Å². The third-order valence-electron chi connectivity index (χ3n) is 4.03. The summed E-state index contributed by atoms with van der Waals surface area (Å²) in [5.41, 5.74) is 1.77. The fraction of sp³-hybridized carbons (Fsp3) is 0.647. The van der Waals surface area contributed by atoms with Crippen LogP contribution in [0, 0.1) is 5.92 Å². The van der Waals surface area contributed by atoms with Gasteiger partial charge in [0.15, 0.2) is 0 Å². The highest BCUT2D eigenvalue weighted by atomic mass is 14.9. The van der Waals surface area contributed by atoms with Crippen LogP contribution in [0.15, 0.2) is 30.3 Å². The predicted octanol–water partition coefficient (Wildman–Crippen LogP) is 4.35. The van der Waals surface area contributed by atoms with Gasteiger partial charge >= 0.3 is 0 Å². The highest BCUT2D eigenvalue weighted by Crippen LogP contribution is 2.37. The summed E-state index contributed by atoms with van der Waals surface area (Å²) in [7, 11) is 0. The Morgan fingerprint density at radius 1 is 1.06 bits per heavy atom. The molecule has 0 spiro atoms. The Morgan fingerprint density at radius 2 is 1.72 bits per heavy atom. The van der Waals surface area contributed by atoms with Crippen molar-refractivity contribution in [2.24, 2.45) is 5.92 Å². The summed E-state index contributed by atoms with van der Waals surface area (Å²) in [4.78, 5) is 0. The SMILES string of the molecule is CC(C)(C)NCC1CCCCC1c1ccccc1. The van der Waals surface area contributed by atoms with Crippen molar-refractivity contribution in [3.05, 3.63) is 35.9 Å². The van der Waals surface area contributed by atoms with Gasteiger partial charge in [0.2, 0.25) is 0 Å². The van der Waals surface area contributed by atoms with Gasteiger partial charge in [-0.15, -0.1) is 0 Å². The van der Waals surface area contributed by atoms with Crippen LogP contribution in [0.2, 0.25) is 0 Å². The average molecular weight is 245 g/mol. The molecule has 0 aromatic heterocycles. The molecule has 100 valence electrons. The largest absolute Gasteiger partial charge is 0.312 e. The van der Waals surface area contributed by atoms with E-state index in [1.165, 1.54) is 31.2 Å². The van der Waals surface area contributed by atoms with E-state index in [4.69, 9.17) is 0 Å². The first-order chi connectivity index (χ1) is 8.56. The second kappa shape index (κ2) is 5.88. The number of hydrogen-bond acceptors (Lipinski definition) is 1. The zero-order valence-electron chi connectivity index (χ0n) is 12.1. The number of benzene rings is 1. The Bertz CT molecular complexity index is 350. The van der Waals surface area contributed by atoms with Gasteiger partial charge in [-0.3, -0.25) is 0 Å². The zero-order chi connectivity index (χ0) is 13.0. The van der Waals surface area contributed by atoms with Gasteiger partial charge in [0.05, 0.1) is 0 Å².